The van der Waals surface area contributed by atoms with E-state index in [0.717, 1.165) is 0 Å². The Morgan fingerprint density at radius 3 is 2.08 bits per heavy atom. The second-order valence-corrected chi connectivity index (χ2v) is 3.06. The predicted molar refractivity (Wildman–Crippen MR) is 45.7 cm³/mol. The van der Waals surface area contributed by atoms with Crippen LogP contribution in [0.3, 0.4) is 0 Å². The second-order valence-electron chi connectivity index (χ2n) is 1.98. The molecule has 0 saturated carbocycles. The Bertz CT molecular complexity index is 319. The van der Waals surface area contributed by atoms with E-state index < -0.39 is 22.2 Å². The summed E-state index contributed by atoms with van der Waals surface area (Å²) in [5.74, 6) is -1.83. The van der Waals surface area contributed by atoms with Gasteiger partial charge >= 0.3 is 0 Å². The van der Waals surface area contributed by atoms with E-state index in [1.807, 2.05) is 0 Å². The van der Waals surface area contributed by atoms with Crippen molar-refractivity contribution in [1.29, 1.82) is 0 Å². The first-order valence-corrected chi connectivity index (χ1v) is 3.89. The van der Waals surface area contributed by atoms with E-state index in [9.17, 15) is 18.9 Å². The molecule has 0 saturated heterocycles. The van der Waals surface area contributed by atoms with Crippen LogP contribution in [0.4, 0.5) is 14.5 Å². The number of nitro benzene ring substituents is 1. The van der Waals surface area contributed by atoms with Gasteiger partial charge in [0.15, 0.2) is 0 Å². The van der Waals surface area contributed by atoms with Crippen molar-refractivity contribution in [3.63, 3.8) is 0 Å². The Balaban J connectivity index is 3.31. The van der Waals surface area contributed by atoms with Gasteiger partial charge in [0.2, 0.25) is 0 Å². The van der Waals surface area contributed by atoms with Gasteiger partial charge in [0, 0.05) is 0 Å². The van der Waals surface area contributed by atoms with E-state index in [1.54, 1.807) is 0 Å². The Morgan fingerprint density at radius 2 is 1.75 bits per heavy atom. The largest absolute Gasteiger partial charge is 0.275 e. The topological polar surface area (TPSA) is 43.1 Å². The molecular formula is C6H2F2INO2. The highest BCUT2D eigenvalue weighted by Gasteiger charge is 2.14. The Hall–Kier alpha value is -0.790. The standard InChI is InChI=1S/C6H2F2INO2/c7-4-1-3(10(11)12)2-5(8)6(4)9/h1-2H. The zero-order valence-corrected chi connectivity index (χ0v) is 7.71. The lowest BCUT2D eigenvalue weighted by Gasteiger charge is -1.95. The van der Waals surface area contributed by atoms with Crippen LogP contribution in [0.5, 0.6) is 0 Å². The van der Waals surface area contributed by atoms with Crippen molar-refractivity contribution in [3.05, 3.63) is 37.5 Å². The molecule has 1 rings (SSSR count). The van der Waals surface area contributed by atoms with Crippen molar-refractivity contribution >= 4 is 28.3 Å². The summed E-state index contributed by atoms with van der Waals surface area (Å²) in [6, 6.07) is 1.37. The summed E-state index contributed by atoms with van der Waals surface area (Å²) in [5, 5.41) is 10.1. The zero-order valence-electron chi connectivity index (χ0n) is 5.55. The minimum atomic E-state index is -0.915. The van der Waals surface area contributed by atoms with E-state index in [-0.39, 0.29) is 3.57 Å². The Kier molecular flexibility index (Phi) is 2.55. The van der Waals surface area contributed by atoms with Crippen LogP contribution in [0.15, 0.2) is 12.1 Å². The molecule has 0 heterocycles. The third-order valence-corrected chi connectivity index (χ3v) is 2.21. The van der Waals surface area contributed by atoms with E-state index in [1.165, 1.54) is 22.6 Å². The van der Waals surface area contributed by atoms with Crippen molar-refractivity contribution in [2.45, 2.75) is 0 Å². The van der Waals surface area contributed by atoms with Crippen molar-refractivity contribution in [2.24, 2.45) is 0 Å². The lowest BCUT2D eigenvalue weighted by Crippen LogP contribution is -1.94. The number of halogens is 3. The highest BCUT2D eigenvalue weighted by atomic mass is 127. The van der Waals surface area contributed by atoms with Gasteiger partial charge in [0.25, 0.3) is 5.69 Å². The molecule has 0 aliphatic heterocycles. The first kappa shape index (κ1) is 9.30. The first-order valence-electron chi connectivity index (χ1n) is 2.81. The molecule has 0 spiro atoms. The van der Waals surface area contributed by atoms with Gasteiger partial charge < -0.3 is 0 Å². The fraction of sp³-hybridized carbons (Fsp3) is 0. The first-order chi connectivity index (χ1) is 5.52. The van der Waals surface area contributed by atoms with Crippen LogP contribution >= 0.6 is 22.6 Å². The van der Waals surface area contributed by atoms with Gasteiger partial charge in [-0.1, -0.05) is 0 Å². The van der Waals surface area contributed by atoms with Gasteiger partial charge in [-0.2, -0.15) is 0 Å². The summed E-state index contributed by atoms with van der Waals surface area (Å²) < 4.78 is 25.1. The molecule has 0 bridgehead atoms. The van der Waals surface area contributed by atoms with Crippen LogP contribution in [-0.4, -0.2) is 4.92 Å². The molecule has 0 aromatic heterocycles. The number of hydrogen-bond donors (Lipinski definition) is 0. The molecule has 0 fully saturated rings. The fourth-order valence-corrected chi connectivity index (χ4v) is 0.959. The summed E-state index contributed by atoms with van der Waals surface area (Å²) in [6.07, 6.45) is 0. The fourth-order valence-electron chi connectivity index (χ4n) is 0.648. The maximum absolute atomic E-state index is 12.6. The van der Waals surface area contributed by atoms with Crippen LogP contribution in [0.2, 0.25) is 0 Å². The van der Waals surface area contributed by atoms with Crippen LogP contribution in [0.25, 0.3) is 0 Å². The second kappa shape index (κ2) is 3.30. The van der Waals surface area contributed by atoms with Gasteiger partial charge in [-0.3, -0.25) is 10.1 Å². The van der Waals surface area contributed by atoms with Gasteiger partial charge in [-0.25, -0.2) is 8.78 Å². The van der Waals surface area contributed by atoms with Gasteiger partial charge in [0.05, 0.1) is 20.6 Å². The summed E-state index contributed by atoms with van der Waals surface area (Å²) in [5.41, 5.74) is -0.578. The molecular weight excluding hydrogens is 283 g/mol. The minimum Gasteiger partial charge on any atom is -0.258 e. The predicted octanol–water partition coefficient (Wildman–Crippen LogP) is 2.48. The van der Waals surface area contributed by atoms with Crippen LogP contribution < -0.4 is 0 Å². The summed E-state index contributed by atoms with van der Waals surface area (Å²) in [6.45, 7) is 0. The maximum Gasteiger partial charge on any atom is 0.275 e. The van der Waals surface area contributed by atoms with Crippen LogP contribution in [0, 0.1) is 25.3 Å². The number of rotatable bonds is 1. The van der Waals surface area contributed by atoms with Gasteiger partial charge in [0.1, 0.15) is 11.6 Å². The molecule has 0 radical (unpaired) electrons. The number of nitrogens with zero attached hydrogens (tertiary/aromatic N) is 1. The molecule has 3 nitrogen and oxygen atoms in total. The summed E-state index contributed by atoms with van der Waals surface area (Å²) in [4.78, 5) is 9.24. The number of benzene rings is 1. The molecule has 64 valence electrons. The van der Waals surface area contributed by atoms with Crippen LogP contribution in [0.1, 0.15) is 0 Å². The van der Waals surface area contributed by atoms with Crippen LogP contribution in [-0.2, 0) is 0 Å². The normalized spacial score (nSPS) is 9.92. The molecule has 0 atom stereocenters. The Labute approximate surface area is 79.7 Å². The third-order valence-electron chi connectivity index (χ3n) is 1.18. The number of nitro groups is 1. The van der Waals surface area contributed by atoms with E-state index in [4.69, 9.17) is 0 Å². The van der Waals surface area contributed by atoms with E-state index in [2.05, 4.69) is 0 Å². The molecule has 0 N–H and O–H groups in total. The monoisotopic (exact) mass is 285 g/mol. The van der Waals surface area contributed by atoms with Crippen molar-refractivity contribution < 1.29 is 13.7 Å². The number of non-ortho nitro benzene ring substituents is 1. The average molecular weight is 285 g/mol. The molecule has 12 heavy (non-hydrogen) atoms. The zero-order chi connectivity index (χ0) is 9.30. The SMILES string of the molecule is O=[N+]([O-])c1cc(F)c(I)c(F)c1. The minimum absolute atomic E-state index is 0.238. The smallest absolute Gasteiger partial charge is 0.258 e. The molecule has 0 aliphatic carbocycles. The Morgan fingerprint density at radius 1 is 1.33 bits per heavy atom. The van der Waals surface area contributed by atoms with E-state index in [0.29, 0.717) is 12.1 Å². The van der Waals surface area contributed by atoms with Gasteiger partial charge in [-0.15, -0.1) is 0 Å². The number of hydrogen-bond acceptors (Lipinski definition) is 2. The summed E-state index contributed by atoms with van der Waals surface area (Å²) in [7, 11) is 0. The van der Waals surface area contributed by atoms with Crippen molar-refractivity contribution in [1.82, 2.24) is 0 Å². The molecule has 0 aliphatic rings. The molecule has 0 amide bonds. The summed E-state index contributed by atoms with van der Waals surface area (Å²) >= 11 is 1.44. The average Bonchev–Trinajstić information content (AvgIpc) is 1.99. The molecule has 1 aromatic rings. The van der Waals surface area contributed by atoms with Crippen molar-refractivity contribution in [2.75, 3.05) is 0 Å². The highest BCUT2D eigenvalue weighted by molar-refractivity contribution is 14.1. The molecule has 6 heteroatoms. The lowest BCUT2D eigenvalue weighted by molar-refractivity contribution is -0.385. The third kappa shape index (κ3) is 1.68. The van der Waals surface area contributed by atoms with E-state index >= 15 is 0 Å². The van der Waals surface area contributed by atoms with Crippen molar-refractivity contribution in [3.8, 4) is 0 Å². The lowest BCUT2D eigenvalue weighted by atomic mass is 10.3. The highest BCUT2D eigenvalue weighted by Crippen LogP contribution is 2.21. The molecule has 0 unspecified atom stereocenters. The van der Waals surface area contributed by atoms with Gasteiger partial charge in [-0.05, 0) is 22.6 Å². The molecule has 1 aromatic carbocycles. The maximum atomic E-state index is 12.6. The quantitative estimate of drug-likeness (QED) is 0.344.